The van der Waals surface area contributed by atoms with Gasteiger partial charge in [0.2, 0.25) is 15.9 Å². The number of carbonyl (C=O) groups is 1. The van der Waals surface area contributed by atoms with E-state index in [1.165, 1.54) is 13.0 Å². The molecule has 1 unspecified atom stereocenters. The van der Waals surface area contributed by atoms with Gasteiger partial charge in [-0.15, -0.1) is 0 Å². The van der Waals surface area contributed by atoms with Gasteiger partial charge in [0.15, 0.2) is 0 Å². The lowest BCUT2D eigenvalue weighted by molar-refractivity contribution is -0.116. The van der Waals surface area contributed by atoms with Crippen molar-refractivity contribution >= 4 is 60.5 Å². The molecule has 30 heavy (non-hydrogen) atoms. The van der Waals surface area contributed by atoms with Crippen LogP contribution in [0.4, 0.5) is 11.4 Å². The molecule has 10 heteroatoms. The Morgan fingerprint density at radius 1 is 1.27 bits per heavy atom. The molecule has 1 heterocycles. The van der Waals surface area contributed by atoms with Crippen molar-refractivity contribution in [3.8, 4) is 0 Å². The molecule has 160 valence electrons. The molecular weight excluding hydrogens is 446 g/mol. The van der Waals surface area contributed by atoms with E-state index in [0.29, 0.717) is 28.5 Å². The van der Waals surface area contributed by atoms with Crippen LogP contribution in [0.3, 0.4) is 0 Å². The SMILES string of the molecule is CCn1c(=O)sc2cc(NC(=O)C(C)N(c3cc(Cl)ccc3C)S(C)(=O)=O)ccc21. The molecule has 7 nitrogen and oxygen atoms in total. The number of amides is 1. The van der Waals surface area contributed by atoms with Crippen molar-refractivity contribution < 1.29 is 13.2 Å². The second kappa shape index (κ2) is 8.41. The van der Waals surface area contributed by atoms with Crippen molar-refractivity contribution in [2.75, 3.05) is 15.9 Å². The Kier molecular flexibility index (Phi) is 6.26. The van der Waals surface area contributed by atoms with Crippen molar-refractivity contribution in [1.82, 2.24) is 4.57 Å². The highest BCUT2D eigenvalue weighted by Crippen LogP contribution is 2.29. The number of anilines is 2. The molecule has 1 aromatic heterocycles. The molecule has 0 radical (unpaired) electrons. The van der Waals surface area contributed by atoms with Crippen molar-refractivity contribution in [3.63, 3.8) is 0 Å². The average Bonchev–Trinajstić information content (AvgIpc) is 2.97. The quantitative estimate of drug-likeness (QED) is 0.596. The van der Waals surface area contributed by atoms with E-state index in [0.717, 1.165) is 32.1 Å². The van der Waals surface area contributed by atoms with Crippen LogP contribution in [0.15, 0.2) is 41.2 Å². The highest BCUT2D eigenvalue weighted by Gasteiger charge is 2.30. The zero-order valence-corrected chi connectivity index (χ0v) is 19.4. The molecule has 0 aliphatic carbocycles. The number of thiazole rings is 1. The number of nitrogens with zero attached hydrogens (tertiary/aromatic N) is 2. The van der Waals surface area contributed by atoms with Crippen LogP contribution < -0.4 is 14.5 Å². The summed E-state index contributed by atoms with van der Waals surface area (Å²) in [5.41, 5.74) is 2.31. The zero-order chi connectivity index (χ0) is 22.2. The molecule has 1 atom stereocenters. The first kappa shape index (κ1) is 22.3. The van der Waals surface area contributed by atoms with Gasteiger partial charge in [0.25, 0.3) is 0 Å². The van der Waals surface area contributed by atoms with E-state index in [1.807, 2.05) is 6.92 Å². The van der Waals surface area contributed by atoms with E-state index in [1.54, 1.807) is 41.8 Å². The molecule has 3 rings (SSSR count). The summed E-state index contributed by atoms with van der Waals surface area (Å²) in [6.07, 6.45) is 1.05. The lowest BCUT2D eigenvalue weighted by atomic mass is 10.1. The first-order chi connectivity index (χ1) is 14.0. The second-order valence-corrected chi connectivity index (χ2v) is 10.2. The standard InChI is InChI=1S/C20H22ClN3O4S2/c1-5-23-16-9-8-15(11-18(16)29-20(23)26)22-19(25)13(3)24(30(4,27)28)17-10-14(21)7-6-12(17)2/h6-11,13H,5H2,1-4H3,(H,22,25). The predicted molar refractivity (Wildman–Crippen MR) is 123 cm³/mol. The van der Waals surface area contributed by atoms with Gasteiger partial charge in [0.05, 0.1) is 22.2 Å². The molecule has 0 saturated carbocycles. The molecule has 1 amide bonds. The number of nitrogens with one attached hydrogen (secondary N) is 1. The van der Waals surface area contributed by atoms with E-state index < -0.39 is 22.0 Å². The van der Waals surface area contributed by atoms with Gasteiger partial charge in [-0.25, -0.2) is 8.42 Å². The van der Waals surface area contributed by atoms with Crippen LogP contribution in [-0.2, 0) is 21.4 Å². The minimum absolute atomic E-state index is 0.0657. The maximum atomic E-state index is 12.9. The van der Waals surface area contributed by atoms with Crippen LogP contribution in [0.5, 0.6) is 0 Å². The zero-order valence-electron chi connectivity index (χ0n) is 17.0. The minimum Gasteiger partial charge on any atom is -0.324 e. The number of rotatable bonds is 6. The van der Waals surface area contributed by atoms with E-state index in [-0.39, 0.29) is 4.87 Å². The Bertz CT molecular complexity index is 1280. The van der Waals surface area contributed by atoms with Gasteiger partial charge in [-0.1, -0.05) is 29.0 Å². The average molecular weight is 468 g/mol. The van der Waals surface area contributed by atoms with Gasteiger partial charge in [-0.2, -0.15) is 0 Å². The fourth-order valence-corrected chi connectivity index (χ4v) is 5.68. The maximum Gasteiger partial charge on any atom is 0.308 e. The number of benzene rings is 2. The smallest absolute Gasteiger partial charge is 0.308 e. The Hall–Kier alpha value is -2.36. The van der Waals surface area contributed by atoms with Crippen LogP contribution in [0.25, 0.3) is 10.2 Å². The molecule has 0 bridgehead atoms. The van der Waals surface area contributed by atoms with E-state index >= 15 is 0 Å². The van der Waals surface area contributed by atoms with Crippen LogP contribution in [0.2, 0.25) is 5.02 Å². The van der Waals surface area contributed by atoms with Crippen LogP contribution in [-0.4, -0.2) is 31.2 Å². The van der Waals surface area contributed by atoms with E-state index in [9.17, 15) is 18.0 Å². The fraction of sp³-hybridized carbons (Fsp3) is 0.300. The second-order valence-electron chi connectivity index (χ2n) is 6.95. The van der Waals surface area contributed by atoms with Gasteiger partial charge in [0.1, 0.15) is 6.04 Å². The highest BCUT2D eigenvalue weighted by molar-refractivity contribution is 7.92. The van der Waals surface area contributed by atoms with Crippen molar-refractivity contribution in [2.24, 2.45) is 0 Å². The molecule has 0 aliphatic rings. The Morgan fingerprint density at radius 3 is 2.60 bits per heavy atom. The number of aromatic nitrogens is 1. The monoisotopic (exact) mass is 467 g/mol. The van der Waals surface area contributed by atoms with Crippen molar-refractivity contribution in [3.05, 3.63) is 56.7 Å². The molecule has 0 aliphatic heterocycles. The molecule has 2 aromatic carbocycles. The topological polar surface area (TPSA) is 88.5 Å². The highest BCUT2D eigenvalue weighted by atomic mass is 35.5. The molecule has 0 spiro atoms. The summed E-state index contributed by atoms with van der Waals surface area (Å²) in [7, 11) is -3.76. The molecule has 0 saturated heterocycles. The number of hydrogen-bond donors (Lipinski definition) is 1. The third kappa shape index (κ3) is 4.38. The summed E-state index contributed by atoms with van der Waals surface area (Å²) in [4.78, 5) is 24.9. The van der Waals surface area contributed by atoms with E-state index in [2.05, 4.69) is 5.32 Å². The molecular formula is C20H22ClN3O4S2. The normalized spacial score (nSPS) is 12.7. The minimum atomic E-state index is -3.76. The number of sulfonamides is 1. The van der Waals surface area contributed by atoms with Gasteiger partial charge >= 0.3 is 4.87 Å². The summed E-state index contributed by atoms with van der Waals surface area (Å²) in [6, 6.07) is 9.05. The van der Waals surface area contributed by atoms with Crippen molar-refractivity contribution in [2.45, 2.75) is 33.4 Å². The van der Waals surface area contributed by atoms with Gasteiger partial charge in [-0.05, 0) is 56.7 Å². The van der Waals surface area contributed by atoms with Crippen LogP contribution >= 0.6 is 22.9 Å². The number of carbonyl (C=O) groups excluding carboxylic acids is 1. The number of halogens is 1. The fourth-order valence-electron chi connectivity index (χ4n) is 3.29. The molecule has 3 aromatic rings. The number of hydrogen-bond acceptors (Lipinski definition) is 5. The Labute approximate surface area is 183 Å². The summed E-state index contributed by atoms with van der Waals surface area (Å²) in [5.74, 6) is -0.499. The van der Waals surface area contributed by atoms with Gasteiger partial charge in [-0.3, -0.25) is 18.5 Å². The van der Waals surface area contributed by atoms with Crippen LogP contribution in [0.1, 0.15) is 19.4 Å². The number of aryl methyl sites for hydroxylation is 2. The lowest BCUT2D eigenvalue weighted by Gasteiger charge is -2.29. The third-order valence-electron chi connectivity index (χ3n) is 4.75. The third-order valence-corrected chi connectivity index (χ3v) is 7.15. The van der Waals surface area contributed by atoms with Crippen molar-refractivity contribution in [1.29, 1.82) is 0 Å². The molecule has 0 fully saturated rings. The summed E-state index contributed by atoms with van der Waals surface area (Å²) in [5, 5.41) is 3.13. The summed E-state index contributed by atoms with van der Waals surface area (Å²) in [6.45, 7) is 5.72. The maximum absolute atomic E-state index is 12.9. The van der Waals surface area contributed by atoms with Crippen LogP contribution in [0, 0.1) is 6.92 Å². The Morgan fingerprint density at radius 2 is 1.97 bits per heavy atom. The largest absolute Gasteiger partial charge is 0.324 e. The van der Waals surface area contributed by atoms with Gasteiger partial charge < -0.3 is 5.32 Å². The van der Waals surface area contributed by atoms with E-state index in [4.69, 9.17) is 11.6 Å². The predicted octanol–water partition coefficient (Wildman–Crippen LogP) is 3.84. The first-order valence-electron chi connectivity index (χ1n) is 9.22. The summed E-state index contributed by atoms with van der Waals surface area (Å²) < 4.78 is 28.5. The number of fused-ring (bicyclic) bond motifs is 1. The summed E-state index contributed by atoms with van der Waals surface area (Å²) >= 11 is 7.16. The van der Waals surface area contributed by atoms with Gasteiger partial charge in [0, 0.05) is 17.3 Å². The lowest BCUT2D eigenvalue weighted by Crippen LogP contribution is -2.45. The molecule has 1 N–H and O–H groups in total. The Balaban J connectivity index is 1.93. The first-order valence-corrected chi connectivity index (χ1v) is 12.3.